The van der Waals surface area contributed by atoms with Gasteiger partial charge in [-0.25, -0.2) is 18.4 Å². The number of piperazine rings is 1. The highest BCUT2D eigenvalue weighted by molar-refractivity contribution is 5.95. The van der Waals surface area contributed by atoms with Crippen molar-refractivity contribution in [3.05, 3.63) is 82.6 Å². The summed E-state index contributed by atoms with van der Waals surface area (Å²) in [4.78, 5) is 44.2. The maximum Gasteiger partial charge on any atom is 0.338 e. The maximum atomic E-state index is 13.6. The molecule has 2 atom stereocenters. The van der Waals surface area contributed by atoms with Crippen LogP contribution in [0.3, 0.4) is 0 Å². The van der Waals surface area contributed by atoms with Gasteiger partial charge in [0, 0.05) is 50.5 Å². The predicted molar refractivity (Wildman–Crippen MR) is 132 cm³/mol. The third-order valence-corrected chi connectivity index (χ3v) is 6.71. The molecule has 2 aliphatic rings. The van der Waals surface area contributed by atoms with Crippen LogP contribution < -0.4 is 5.32 Å². The number of carbonyl (C=O) groups is 3. The average Bonchev–Trinajstić information content (AvgIpc) is 2.87. The molecule has 196 valence electrons. The number of hydrogen-bond acceptors (Lipinski definition) is 5. The molecule has 2 aromatic carbocycles. The van der Waals surface area contributed by atoms with Gasteiger partial charge in [0.15, 0.2) is 0 Å². The smallest absolute Gasteiger partial charge is 0.338 e. The second-order valence-corrected chi connectivity index (χ2v) is 9.16. The van der Waals surface area contributed by atoms with Crippen LogP contribution in [0.2, 0.25) is 0 Å². The standard InChI is InChI=1S/C27H30F2N4O4/c1-4-37-26(35)23-22(31(3)27(36)30-24(23)18-5-9-20(28)10-6-18)16-32-13-14-33(17(2)15-32)25(34)19-7-11-21(29)12-8-19/h5-12,17,24H,4,13-16H2,1-3H3,(H,30,36)/t17-,24-/m1/s1. The van der Waals surface area contributed by atoms with Crippen LogP contribution in [-0.4, -0.2) is 78.5 Å². The zero-order valence-electron chi connectivity index (χ0n) is 21.0. The molecule has 10 heteroatoms. The topological polar surface area (TPSA) is 82.2 Å². The lowest BCUT2D eigenvalue weighted by Crippen LogP contribution is -2.56. The van der Waals surface area contributed by atoms with Crippen molar-refractivity contribution in [2.45, 2.75) is 25.9 Å². The molecular weight excluding hydrogens is 482 g/mol. The summed E-state index contributed by atoms with van der Waals surface area (Å²) >= 11 is 0. The minimum atomic E-state index is -0.794. The Hall–Kier alpha value is -3.79. The van der Waals surface area contributed by atoms with Gasteiger partial charge in [0.05, 0.1) is 18.2 Å². The van der Waals surface area contributed by atoms with Crippen LogP contribution in [-0.2, 0) is 9.53 Å². The van der Waals surface area contributed by atoms with Crippen molar-refractivity contribution in [3.8, 4) is 0 Å². The zero-order chi connectivity index (χ0) is 26.7. The molecule has 1 fully saturated rings. The van der Waals surface area contributed by atoms with Crippen molar-refractivity contribution < 1.29 is 27.9 Å². The van der Waals surface area contributed by atoms with E-state index in [1.54, 1.807) is 18.9 Å². The lowest BCUT2D eigenvalue weighted by Gasteiger charge is -2.42. The number of carbonyl (C=O) groups excluding carboxylic acids is 3. The molecule has 0 bridgehead atoms. The van der Waals surface area contributed by atoms with Gasteiger partial charge in [-0.05, 0) is 55.8 Å². The van der Waals surface area contributed by atoms with E-state index in [-0.39, 0.29) is 30.7 Å². The second-order valence-electron chi connectivity index (χ2n) is 9.16. The number of hydrogen-bond donors (Lipinski definition) is 1. The van der Waals surface area contributed by atoms with E-state index in [1.165, 1.54) is 53.4 Å². The SMILES string of the molecule is CCOC(=O)C1=C(CN2CCN(C(=O)c3ccc(F)cc3)[C@H](C)C2)N(C)C(=O)N[C@@H]1c1ccc(F)cc1. The molecule has 1 N–H and O–H groups in total. The first-order valence-corrected chi connectivity index (χ1v) is 12.2. The zero-order valence-corrected chi connectivity index (χ0v) is 21.0. The van der Waals surface area contributed by atoms with E-state index in [1.807, 2.05) is 6.92 Å². The summed E-state index contributed by atoms with van der Waals surface area (Å²) in [6.45, 7) is 5.50. The van der Waals surface area contributed by atoms with E-state index in [4.69, 9.17) is 4.74 Å². The molecule has 0 unspecified atom stereocenters. The third-order valence-electron chi connectivity index (χ3n) is 6.71. The molecular formula is C27H30F2N4O4. The van der Waals surface area contributed by atoms with Crippen molar-refractivity contribution >= 4 is 17.9 Å². The maximum absolute atomic E-state index is 13.6. The van der Waals surface area contributed by atoms with E-state index < -0.39 is 29.7 Å². The van der Waals surface area contributed by atoms with Crippen molar-refractivity contribution in [2.75, 3.05) is 39.8 Å². The van der Waals surface area contributed by atoms with Crippen LogP contribution in [0.1, 0.15) is 35.8 Å². The molecule has 0 aliphatic carbocycles. The molecule has 8 nitrogen and oxygen atoms in total. The van der Waals surface area contributed by atoms with Crippen molar-refractivity contribution in [3.63, 3.8) is 0 Å². The predicted octanol–water partition coefficient (Wildman–Crippen LogP) is 3.32. The lowest BCUT2D eigenvalue weighted by atomic mass is 9.94. The Morgan fingerprint density at radius 2 is 1.65 bits per heavy atom. The van der Waals surface area contributed by atoms with Crippen LogP contribution in [0.5, 0.6) is 0 Å². The van der Waals surface area contributed by atoms with Crippen LogP contribution in [0.15, 0.2) is 59.8 Å². The van der Waals surface area contributed by atoms with Gasteiger partial charge < -0.3 is 15.0 Å². The molecule has 1 saturated heterocycles. The molecule has 0 saturated carbocycles. The summed E-state index contributed by atoms with van der Waals surface area (Å²) in [5, 5.41) is 2.82. The molecule has 3 amide bonds. The Kier molecular flexibility index (Phi) is 7.87. The number of amides is 3. The van der Waals surface area contributed by atoms with E-state index >= 15 is 0 Å². The van der Waals surface area contributed by atoms with Crippen LogP contribution >= 0.6 is 0 Å². The molecule has 0 spiro atoms. The number of urea groups is 1. The highest BCUT2D eigenvalue weighted by Crippen LogP contribution is 2.32. The summed E-state index contributed by atoms with van der Waals surface area (Å²) in [5.41, 5.74) is 1.75. The van der Waals surface area contributed by atoms with Crippen molar-refractivity contribution in [2.24, 2.45) is 0 Å². The van der Waals surface area contributed by atoms with Gasteiger partial charge in [0.25, 0.3) is 5.91 Å². The summed E-state index contributed by atoms with van der Waals surface area (Å²) in [6.07, 6.45) is 0. The Labute approximate surface area is 214 Å². The largest absolute Gasteiger partial charge is 0.463 e. The first-order chi connectivity index (χ1) is 17.7. The fraction of sp³-hybridized carbons (Fsp3) is 0.370. The quantitative estimate of drug-likeness (QED) is 0.601. The summed E-state index contributed by atoms with van der Waals surface area (Å²) in [5.74, 6) is -1.56. The molecule has 37 heavy (non-hydrogen) atoms. The fourth-order valence-corrected chi connectivity index (χ4v) is 4.75. The monoisotopic (exact) mass is 512 g/mol. The number of halogens is 2. The van der Waals surface area contributed by atoms with Gasteiger partial charge in [0.2, 0.25) is 0 Å². The number of nitrogens with zero attached hydrogens (tertiary/aromatic N) is 3. The van der Waals surface area contributed by atoms with Gasteiger partial charge in [-0.3, -0.25) is 14.6 Å². The number of rotatable bonds is 6. The summed E-state index contributed by atoms with van der Waals surface area (Å²) in [7, 11) is 1.59. The number of ether oxygens (including phenoxy) is 1. The van der Waals surface area contributed by atoms with Crippen molar-refractivity contribution in [1.29, 1.82) is 0 Å². The van der Waals surface area contributed by atoms with E-state index in [2.05, 4.69) is 10.2 Å². The van der Waals surface area contributed by atoms with Crippen LogP contribution in [0.4, 0.5) is 13.6 Å². The van der Waals surface area contributed by atoms with Gasteiger partial charge in [-0.1, -0.05) is 12.1 Å². The summed E-state index contributed by atoms with van der Waals surface area (Å²) < 4.78 is 32.2. The average molecular weight is 513 g/mol. The van der Waals surface area contributed by atoms with Crippen LogP contribution in [0, 0.1) is 11.6 Å². The number of benzene rings is 2. The Balaban J connectivity index is 1.59. The molecule has 0 radical (unpaired) electrons. The summed E-state index contributed by atoms with van der Waals surface area (Å²) in [6, 6.07) is 9.74. The lowest BCUT2D eigenvalue weighted by molar-refractivity contribution is -0.139. The Morgan fingerprint density at radius 1 is 1.03 bits per heavy atom. The Bertz CT molecular complexity index is 1200. The van der Waals surface area contributed by atoms with Gasteiger partial charge in [0.1, 0.15) is 11.6 Å². The molecule has 0 aromatic heterocycles. The van der Waals surface area contributed by atoms with Gasteiger partial charge in [-0.2, -0.15) is 0 Å². The molecule has 2 aromatic rings. The number of likely N-dealkylation sites (N-methyl/N-ethyl adjacent to an activating group) is 1. The van der Waals surface area contributed by atoms with Crippen LogP contribution in [0.25, 0.3) is 0 Å². The number of esters is 1. The number of nitrogens with one attached hydrogen (secondary N) is 1. The third kappa shape index (κ3) is 5.64. The highest BCUT2D eigenvalue weighted by Gasteiger charge is 2.38. The van der Waals surface area contributed by atoms with E-state index in [9.17, 15) is 23.2 Å². The molecule has 4 rings (SSSR count). The normalized spacial score (nSPS) is 20.6. The van der Waals surface area contributed by atoms with Gasteiger partial charge in [-0.15, -0.1) is 0 Å². The van der Waals surface area contributed by atoms with E-state index in [0.717, 1.165) is 0 Å². The minimum Gasteiger partial charge on any atom is -0.463 e. The second kappa shape index (κ2) is 11.1. The van der Waals surface area contributed by atoms with Crippen molar-refractivity contribution in [1.82, 2.24) is 20.0 Å². The fourth-order valence-electron chi connectivity index (χ4n) is 4.75. The highest BCUT2D eigenvalue weighted by atomic mass is 19.1. The first kappa shape index (κ1) is 26.3. The Morgan fingerprint density at radius 3 is 2.24 bits per heavy atom. The van der Waals surface area contributed by atoms with Gasteiger partial charge >= 0.3 is 12.0 Å². The van der Waals surface area contributed by atoms with E-state index in [0.29, 0.717) is 36.5 Å². The minimum absolute atomic E-state index is 0.157. The molecule has 2 heterocycles. The molecule has 2 aliphatic heterocycles. The first-order valence-electron chi connectivity index (χ1n) is 12.2.